The van der Waals surface area contributed by atoms with Crippen LogP contribution in [0, 0.1) is 11.7 Å². The number of benzene rings is 1. The number of ether oxygens (including phenoxy) is 1. The van der Waals surface area contributed by atoms with Crippen molar-refractivity contribution in [3.05, 3.63) is 54.2 Å². The summed E-state index contributed by atoms with van der Waals surface area (Å²) in [5.74, 6) is 0.825. The number of halogens is 1. The van der Waals surface area contributed by atoms with Gasteiger partial charge in [0.25, 0.3) is 0 Å². The zero-order valence-corrected chi connectivity index (χ0v) is 13.4. The van der Waals surface area contributed by atoms with Gasteiger partial charge in [-0.1, -0.05) is 12.1 Å². The van der Waals surface area contributed by atoms with Crippen LogP contribution in [0.2, 0.25) is 0 Å². The van der Waals surface area contributed by atoms with Gasteiger partial charge in [-0.3, -0.25) is 0 Å². The van der Waals surface area contributed by atoms with Crippen molar-refractivity contribution in [2.75, 3.05) is 19.7 Å². The summed E-state index contributed by atoms with van der Waals surface area (Å²) in [5.41, 5.74) is 0. The fourth-order valence-corrected chi connectivity index (χ4v) is 2.84. The molecule has 0 bridgehead atoms. The highest BCUT2D eigenvalue weighted by atomic mass is 19.1. The van der Waals surface area contributed by atoms with Crippen molar-refractivity contribution >= 4 is 6.03 Å². The van der Waals surface area contributed by atoms with Crippen LogP contribution in [-0.2, 0) is 6.54 Å². The summed E-state index contributed by atoms with van der Waals surface area (Å²) in [7, 11) is 0. The molecule has 3 rings (SSSR count). The van der Waals surface area contributed by atoms with Crippen molar-refractivity contribution in [1.29, 1.82) is 0 Å². The van der Waals surface area contributed by atoms with Gasteiger partial charge in [0.15, 0.2) is 11.6 Å². The number of rotatable bonds is 5. The van der Waals surface area contributed by atoms with Crippen molar-refractivity contribution in [2.24, 2.45) is 5.92 Å². The second kappa shape index (κ2) is 7.86. The standard InChI is InChI=1S/C18H21FN2O3/c19-16-7-1-2-8-17(16)24-13-14-5-3-9-21(12-14)18(22)20-11-15-6-4-10-23-15/h1-2,4,6-8,10,14H,3,5,9,11-13H2,(H,20,22)/t14-/m1/s1. The Balaban J connectivity index is 1.47. The van der Waals surface area contributed by atoms with Crippen molar-refractivity contribution in [2.45, 2.75) is 19.4 Å². The molecule has 128 valence electrons. The Kier molecular flexibility index (Phi) is 5.36. The molecule has 0 radical (unpaired) electrons. The molecule has 1 atom stereocenters. The lowest BCUT2D eigenvalue weighted by molar-refractivity contribution is 0.135. The van der Waals surface area contributed by atoms with Crippen LogP contribution in [0.15, 0.2) is 47.1 Å². The van der Waals surface area contributed by atoms with Gasteiger partial charge in [0, 0.05) is 19.0 Å². The molecule has 2 heterocycles. The SMILES string of the molecule is O=C(NCc1ccco1)N1CCC[C@@H](COc2ccccc2F)C1. The fraction of sp³-hybridized carbons (Fsp3) is 0.389. The largest absolute Gasteiger partial charge is 0.490 e. The minimum Gasteiger partial charge on any atom is -0.490 e. The lowest BCUT2D eigenvalue weighted by Gasteiger charge is -2.32. The van der Waals surface area contributed by atoms with Gasteiger partial charge < -0.3 is 19.4 Å². The third-order valence-corrected chi connectivity index (χ3v) is 4.11. The van der Waals surface area contributed by atoms with Gasteiger partial charge in [-0.25, -0.2) is 9.18 Å². The van der Waals surface area contributed by atoms with Gasteiger partial charge in [0.1, 0.15) is 5.76 Å². The Morgan fingerprint density at radius 2 is 2.21 bits per heavy atom. The number of para-hydroxylation sites is 1. The van der Waals surface area contributed by atoms with Crippen molar-refractivity contribution in [3.63, 3.8) is 0 Å². The molecule has 2 aromatic rings. The van der Waals surface area contributed by atoms with Crippen LogP contribution in [0.3, 0.4) is 0 Å². The number of hydrogen-bond donors (Lipinski definition) is 1. The predicted octanol–water partition coefficient (Wildman–Crippen LogP) is 3.42. The molecular weight excluding hydrogens is 311 g/mol. The Morgan fingerprint density at radius 3 is 3.00 bits per heavy atom. The van der Waals surface area contributed by atoms with Crippen LogP contribution in [0.1, 0.15) is 18.6 Å². The third-order valence-electron chi connectivity index (χ3n) is 4.11. The number of nitrogens with one attached hydrogen (secondary N) is 1. The molecule has 1 N–H and O–H groups in total. The number of piperidine rings is 1. The summed E-state index contributed by atoms with van der Waals surface area (Å²) in [6, 6.07) is 9.88. The topological polar surface area (TPSA) is 54.7 Å². The second-order valence-electron chi connectivity index (χ2n) is 5.93. The normalized spacial score (nSPS) is 17.5. The average molecular weight is 332 g/mol. The molecule has 0 spiro atoms. The van der Waals surface area contributed by atoms with Gasteiger partial charge in [-0.15, -0.1) is 0 Å². The number of amides is 2. The first kappa shape index (κ1) is 16.4. The summed E-state index contributed by atoms with van der Waals surface area (Å²) in [4.78, 5) is 14.0. The molecular formula is C18H21FN2O3. The molecule has 1 aromatic carbocycles. The number of hydrogen-bond acceptors (Lipinski definition) is 3. The van der Waals surface area contributed by atoms with Crippen LogP contribution in [0.4, 0.5) is 9.18 Å². The van der Waals surface area contributed by atoms with Crippen LogP contribution in [0.25, 0.3) is 0 Å². The average Bonchev–Trinajstić information content (AvgIpc) is 3.13. The van der Waals surface area contributed by atoms with E-state index >= 15 is 0 Å². The van der Waals surface area contributed by atoms with Crippen LogP contribution >= 0.6 is 0 Å². The van der Waals surface area contributed by atoms with E-state index in [1.807, 2.05) is 6.07 Å². The zero-order chi connectivity index (χ0) is 16.8. The van der Waals surface area contributed by atoms with E-state index in [0.29, 0.717) is 19.7 Å². The highest BCUT2D eigenvalue weighted by Crippen LogP contribution is 2.20. The van der Waals surface area contributed by atoms with E-state index in [-0.39, 0.29) is 23.5 Å². The van der Waals surface area contributed by atoms with Gasteiger partial charge in [0.05, 0.1) is 19.4 Å². The number of likely N-dealkylation sites (tertiary alicyclic amines) is 1. The lowest BCUT2D eigenvalue weighted by Crippen LogP contribution is -2.46. The monoisotopic (exact) mass is 332 g/mol. The minimum absolute atomic E-state index is 0.109. The van der Waals surface area contributed by atoms with Gasteiger partial charge in [0.2, 0.25) is 0 Å². The lowest BCUT2D eigenvalue weighted by atomic mass is 9.99. The molecule has 1 fully saturated rings. The number of carbonyl (C=O) groups excluding carboxylic acids is 1. The molecule has 0 aliphatic carbocycles. The fourth-order valence-electron chi connectivity index (χ4n) is 2.84. The molecule has 5 nitrogen and oxygen atoms in total. The molecule has 0 unspecified atom stereocenters. The molecule has 1 aliphatic heterocycles. The van der Waals surface area contributed by atoms with Gasteiger partial charge in [-0.05, 0) is 37.1 Å². The zero-order valence-electron chi connectivity index (χ0n) is 13.4. The highest BCUT2D eigenvalue weighted by molar-refractivity contribution is 5.74. The Labute approximate surface area is 140 Å². The van der Waals surface area contributed by atoms with Crippen LogP contribution in [-0.4, -0.2) is 30.6 Å². The first-order chi connectivity index (χ1) is 11.7. The third kappa shape index (κ3) is 4.28. The predicted molar refractivity (Wildman–Crippen MR) is 87.1 cm³/mol. The first-order valence-electron chi connectivity index (χ1n) is 8.15. The van der Waals surface area contributed by atoms with E-state index in [9.17, 15) is 9.18 Å². The molecule has 24 heavy (non-hydrogen) atoms. The van der Waals surface area contributed by atoms with E-state index in [4.69, 9.17) is 9.15 Å². The van der Waals surface area contributed by atoms with E-state index < -0.39 is 0 Å². The van der Waals surface area contributed by atoms with E-state index in [1.165, 1.54) is 6.07 Å². The number of nitrogens with zero attached hydrogens (tertiary/aromatic N) is 1. The van der Waals surface area contributed by atoms with Crippen LogP contribution in [0.5, 0.6) is 5.75 Å². The number of urea groups is 1. The highest BCUT2D eigenvalue weighted by Gasteiger charge is 2.24. The number of carbonyl (C=O) groups is 1. The van der Waals surface area contributed by atoms with E-state index in [1.54, 1.807) is 35.4 Å². The van der Waals surface area contributed by atoms with E-state index in [0.717, 1.165) is 25.1 Å². The van der Waals surface area contributed by atoms with Crippen LogP contribution < -0.4 is 10.1 Å². The Hall–Kier alpha value is -2.50. The summed E-state index contributed by atoms with van der Waals surface area (Å²) < 4.78 is 24.4. The molecule has 2 amide bonds. The van der Waals surface area contributed by atoms with Gasteiger partial charge in [-0.2, -0.15) is 0 Å². The van der Waals surface area contributed by atoms with Crippen molar-refractivity contribution in [3.8, 4) is 5.75 Å². The van der Waals surface area contributed by atoms with Crippen molar-refractivity contribution < 1.29 is 18.3 Å². The Bertz CT molecular complexity index is 660. The summed E-state index contributed by atoms with van der Waals surface area (Å²) in [5, 5.41) is 2.85. The molecule has 1 aliphatic rings. The summed E-state index contributed by atoms with van der Waals surface area (Å²) in [6.45, 7) is 2.11. The minimum atomic E-state index is -0.360. The smallest absolute Gasteiger partial charge is 0.317 e. The second-order valence-corrected chi connectivity index (χ2v) is 5.93. The Morgan fingerprint density at radius 1 is 1.33 bits per heavy atom. The van der Waals surface area contributed by atoms with E-state index in [2.05, 4.69) is 5.32 Å². The first-order valence-corrected chi connectivity index (χ1v) is 8.15. The molecule has 0 saturated carbocycles. The summed E-state index contributed by atoms with van der Waals surface area (Å²) in [6.07, 6.45) is 3.47. The van der Waals surface area contributed by atoms with Gasteiger partial charge >= 0.3 is 6.03 Å². The molecule has 6 heteroatoms. The van der Waals surface area contributed by atoms with Crippen molar-refractivity contribution in [1.82, 2.24) is 10.2 Å². The maximum absolute atomic E-state index is 13.6. The maximum Gasteiger partial charge on any atom is 0.317 e. The quantitative estimate of drug-likeness (QED) is 0.913. The summed E-state index contributed by atoms with van der Waals surface area (Å²) >= 11 is 0. The molecule has 1 aromatic heterocycles. The number of furan rings is 1. The molecule has 1 saturated heterocycles. The maximum atomic E-state index is 13.6.